The van der Waals surface area contributed by atoms with Crippen LogP contribution in [-0.4, -0.2) is 21.3 Å². The highest BCUT2D eigenvalue weighted by Crippen LogP contribution is 2.22. The summed E-state index contributed by atoms with van der Waals surface area (Å²) < 4.78 is 14.1. The van der Waals surface area contributed by atoms with E-state index in [1.807, 2.05) is 6.08 Å². The van der Waals surface area contributed by atoms with Crippen LogP contribution in [0.25, 0.3) is 17.3 Å². The zero-order chi connectivity index (χ0) is 15.9. The van der Waals surface area contributed by atoms with E-state index in [-0.39, 0.29) is 17.7 Å². The first-order valence-corrected chi connectivity index (χ1v) is 7.36. The number of allylic oxidation sites excluding steroid dienone is 1. The normalized spacial score (nSPS) is 12.7. The zero-order valence-corrected chi connectivity index (χ0v) is 12.5. The number of aromatic nitrogens is 1. The number of benzene rings is 1. The van der Waals surface area contributed by atoms with Crippen LogP contribution in [0, 0.1) is 5.82 Å². The molecule has 0 bridgehead atoms. The Bertz CT molecular complexity index is 636. The van der Waals surface area contributed by atoms with Gasteiger partial charge in [0.2, 0.25) is 0 Å². The second-order valence-corrected chi connectivity index (χ2v) is 5.32. The Morgan fingerprint density at radius 3 is 2.73 bits per heavy atom. The molecular weight excluding hydrogens is 281 g/mol. The van der Waals surface area contributed by atoms with Gasteiger partial charge in [-0.2, -0.15) is 0 Å². The van der Waals surface area contributed by atoms with Crippen LogP contribution in [-0.2, 0) is 0 Å². The number of pyridine rings is 1. The Morgan fingerprint density at radius 1 is 1.27 bits per heavy atom. The van der Waals surface area contributed by atoms with E-state index in [1.165, 1.54) is 18.3 Å². The van der Waals surface area contributed by atoms with Crippen molar-refractivity contribution in [1.82, 2.24) is 4.98 Å². The Hall–Kier alpha value is -2.20. The molecule has 0 aliphatic heterocycles. The average molecular weight is 301 g/mol. The minimum atomic E-state index is -0.306. The van der Waals surface area contributed by atoms with Gasteiger partial charge in [-0.05, 0) is 44.4 Å². The van der Waals surface area contributed by atoms with Crippen molar-refractivity contribution in [3.05, 3.63) is 54.0 Å². The van der Waals surface area contributed by atoms with E-state index in [4.69, 9.17) is 5.11 Å². The predicted molar refractivity (Wildman–Crippen MR) is 85.9 cm³/mol. The summed E-state index contributed by atoms with van der Waals surface area (Å²) in [6.45, 7) is 1.76. The fourth-order valence-electron chi connectivity index (χ4n) is 2.12. The number of hydrogen-bond acceptors (Lipinski definition) is 3. The molecule has 0 aliphatic carbocycles. The third-order valence-electron chi connectivity index (χ3n) is 3.33. The van der Waals surface area contributed by atoms with Crippen molar-refractivity contribution in [2.75, 3.05) is 0 Å². The standard InChI is InChI=1S/C18H20FNO2/c1-13(21)5-3-2-4-6-14-7-8-15(11-17(14)19)18-10-9-16(22)12-20-18/h4,6-13,21-22H,2-3,5H2,1H3. The Morgan fingerprint density at radius 2 is 2.09 bits per heavy atom. The van der Waals surface area contributed by atoms with Gasteiger partial charge in [-0.15, -0.1) is 0 Å². The lowest BCUT2D eigenvalue weighted by Gasteiger charge is -2.04. The molecule has 0 amide bonds. The van der Waals surface area contributed by atoms with Gasteiger partial charge in [0.1, 0.15) is 11.6 Å². The molecule has 3 nitrogen and oxygen atoms in total. The summed E-state index contributed by atoms with van der Waals surface area (Å²) in [7, 11) is 0. The zero-order valence-electron chi connectivity index (χ0n) is 12.5. The van der Waals surface area contributed by atoms with Gasteiger partial charge in [0.05, 0.1) is 18.0 Å². The number of halogens is 1. The number of aliphatic hydroxyl groups excluding tert-OH is 1. The number of nitrogens with zero attached hydrogens (tertiary/aromatic N) is 1. The molecule has 0 saturated carbocycles. The van der Waals surface area contributed by atoms with E-state index >= 15 is 0 Å². The number of unbranched alkanes of at least 4 members (excludes halogenated alkanes) is 1. The van der Waals surface area contributed by atoms with Crippen molar-refractivity contribution in [3.63, 3.8) is 0 Å². The summed E-state index contributed by atoms with van der Waals surface area (Å²) in [5, 5.41) is 18.4. The van der Waals surface area contributed by atoms with Crippen molar-refractivity contribution in [2.24, 2.45) is 0 Å². The van der Waals surface area contributed by atoms with Gasteiger partial charge in [0.15, 0.2) is 0 Å². The lowest BCUT2D eigenvalue weighted by Crippen LogP contribution is -1.97. The maximum Gasteiger partial charge on any atom is 0.133 e. The number of rotatable bonds is 6. The van der Waals surface area contributed by atoms with Crippen LogP contribution in [0.1, 0.15) is 31.7 Å². The van der Waals surface area contributed by atoms with Gasteiger partial charge in [-0.25, -0.2) is 4.39 Å². The minimum absolute atomic E-state index is 0.0842. The van der Waals surface area contributed by atoms with E-state index in [1.54, 1.807) is 31.2 Å². The van der Waals surface area contributed by atoms with E-state index in [2.05, 4.69) is 4.98 Å². The average Bonchev–Trinajstić information content (AvgIpc) is 2.49. The van der Waals surface area contributed by atoms with Crippen LogP contribution in [0.2, 0.25) is 0 Å². The topological polar surface area (TPSA) is 53.4 Å². The molecule has 1 unspecified atom stereocenters. The Kier molecular flexibility index (Phi) is 5.67. The molecule has 1 aromatic carbocycles. The third-order valence-corrected chi connectivity index (χ3v) is 3.33. The summed E-state index contributed by atoms with van der Waals surface area (Å²) in [6, 6.07) is 8.13. The monoisotopic (exact) mass is 301 g/mol. The van der Waals surface area contributed by atoms with Crippen molar-refractivity contribution in [2.45, 2.75) is 32.3 Å². The van der Waals surface area contributed by atoms with E-state index in [0.717, 1.165) is 19.3 Å². The fraction of sp³-hybridized carbons (Fsp3) is 0.278. The summed E-state index contributed by atoms with van der Waals surface area (Å²) in [6.07, 6.45) is 7.16. The molecule has 4 heteroatoms. The molecule has 0 fully saturated rings. The Balaban J connectivity index is 2.03. The van der Waals surface area contributed by atoms with Gasteiger partial charge in [-0.3, -0.25) is 4.98 Å². The molecule has 1 heterocycles. The SMILES string of the molecule is CC(O)CCCC=Cc1ccc(-c2ccc(O)cn2)cc1F. The highest BCUT2D eigenvalue weighted by atomic mass is 19.1. The molecule has 116 valence electrons. The quantitative estimate of drug-likeness (QED) is 0.788. The predicted octanol–water partition coefficient (Wildman–Crippen LogP) is 4.16. The summed E-state index contributed by atoms with van der Waals surface area (Å²) >= 11 is 0. The molecule has 0 aliphatic rings. The van der Waals surface area contributed by atoms with Gasteiger partial charge in [-0.1, -0.05) is 24.3 Å². The second kappa shape index (κ2) is 7.71. The maximum absolute atomic E-state index is 14.1. The van der Waals surface area contributed by atoms with Crippen molar-refractivity contribution in [1.29, 1.82) is 0 Å². The smallest absolute Gasteiger partial charge is 0.133 e. The van der Waals surface area contributed by atoms with Gasteiger partial charge >= 0.3 is 0 Å². The lowest BCUT2D eigenvalue weighted by molar-refractivity contribution is 0.182. The molecule has 2 aromatic rings. The molecule has 0 radical (unpaired) electrons. The molecule has 0 spiro atoms. The number of hydrogen-bond donors (Lipinski definition) is 2. The molecule has 2 N–H and O–H groups in total. The first-order chi connectivity index (χ1) is 10.6. The Labute approximate surface area is 129 Å². The number of aliphatic hydroxyl groups is 1. The van der Waals surface area contributed by atoms with Crippen molar-refractivity contribution in [3.8, 4) is 17.0 Å². The van der Waals surface area contributed by atoms with Crippen LogP contribution in [0.4, 0.5) is 4.39 Å². The van der Waals surface area contributed by atoms with Crippen LogP contribution in [0.5, 0.6) is 5.75 Å². The number of aromatic hydroxyl groups is 1. The highest BCUT2D eigenvalue weighted by Gasteiger charge is 2.04. The third kappa shape index (κ3) is 4.67. The summed E-state index contributed by atoms with van der Waals surface area (Å²) in [5.41, 5.74) is 1.81. The first kappa shape index (κ1) is 16.2. The first-order valence-electron chi connectivity index (χ1n) is 7.36. The molecule has 0 saturated heterocycles. The van der Waals surface area contributed by atoms with Crippen LogP contribution in [0.15, 0.2) is 42.6 Å². The van der Waals surface area contributed by atoms with Gasteiger partial charge in [0, 0.05) is 11.1 Å². The molecule has 2 rings (SSSR count). The molecule has 1 aromatic heterocycles. The minimum Gasteiger partial charge on any atom is -0.506 e. The van der Waals surface area contributed by atoms with Gasteiger partial charge < -0.3 is 10.2 Å². The highest BCUT2D eigenvalue weighted by molar-refractivity contribution is 5.63. The maximum atomic E-state index is 14.1. The molecular formula is C18H20FNO2. The summed E-state index contributed by atoms with van der Waals surface area (Å²) in [5.74, 6) is -0.222. The van der Waals surface area contributed by atoms with Crippen molar-refractivity contribution >= 4 is 6.08 Å². The summed E-state index contributed by atoms with van der Waals surface area (Å²) in [4.78, 5) is 4.06. The van der Waals surface area contributed by atoms with E-state index < -0.39 is 0 Å². The van der Waals surface area contributed by atoms with Crippen LogP contribution >= 0.6 is 0 Å². The second-order valence-electron chi connectivity index (χ2n) is 5.32. The lowest BCUT2D eigenvalue weighted by atomic mass is 10.1. The molecule has 1 atom stereocenters. The van der Waals surface area contributed by atoms with Crippen molar-refractivity contribution < 1.29 is 14.6 Å². The van der Waals surface area contributed by atoms with E-state index in [0.29, 0.717) is 16.8 Å². The van der Waals surface area contributed by atoms with E-state index in [9.17, 15) is 9.50 Å². The fourth-order valence-corrected chi connectivity index (χ4v) is 2.12. The largest absolute Gasteiger partial charge is 0.506 e. The van der Waals surface area contributed by atoms with Crippen LogP contribution < -0.4 is 0 Å². The van der Waals surface area contributed by atoms with Crippen LogP contribution in [0.3, 0.4) is 0 Å². The molecule has 22 heavy (non-hydrogen) atoms. The van der Waals surface area contributed by atoms with Gasteiger partial charge in [0.25, 0.3) is 0 Å².